The molecule has 0 aromatic carbocycles. The van der Waals surface area contributed by atoms with Gasteiger partial charge in [0.2, 0.25) is 5.91 Å². The minimum absolute atomic E-state index is 0.0167. The number of esters is 1. The number of hydrogen-bond donors (Lipinski definition) is 6. The van der Waals surface area contributed by atoms with E-state index in [1.807, 2.05) is 19.1 Å². The second kappa shape index (κ2) is 67.8. The third-order valence-corrected chi connectivity index (χ3v) is 18.2. The van der Waals surface area contributed by atoms with Gasteiger partial charge < -0.3 is 45.1 Å². The first-order chi connectivity index (χ1) is 44.2. The van der Waals surface area contributed by atoms with Crippen molar-refractivity contribution in [1.29, 1.82) is 0 Å². The number of ether oxygens (including phenoxy) is 3. The normalized spacial score (nSPS) is 18.0. The summed E-state index contributed by atoms with van der Waals surface area (Å²) < 4.78 is 16.7. The lowest BCUT2D eigenvalue weighted by Crippen LogP contribution is -2.60. The van der Waals surface area contributed by atoms with Crippen molar-refractivity contribution < 1.29 is 49.3 Å². The first kappa shape index (κ1) is 85.4. The molecule has 0 aromatic rings. The molecule has 0 aromatic heterocycles. The molecule has 1 aliphatic heterocycles. The van der Waals surface area contributed by atoms with Crippen molar-refractivity contribution in [3.05, 3.63) is 60.8 Å². The van der Waals surface area contributed by atoms with Crippen molar-refractivity contribution in [2.45, 2.75) is 410 Å². The number of hydrogen-bond acceptors (Lipinski definition) is 10. The van der Waals surface area contributed by atoms with E-state index in [1.54, 1.807) is 6.08 Å². The van der Waals surface area contributed by atoms with Crippen LogP contribution in [-0.2, 0) is 23.8 Å². The number of allylic oxidation sites excluding steroid dienone is 9. The van der Waals surface area contributed by atoms with Crippen molar-refractivity contribution in [3.63, 3.8) is 0 Å². The van der Waals surface area contributed by atoms with Crippen LogP contribution in [0.25, 0.3) is 0 Å². The monoisotopic (exact) mass is 1270 g/mol. The summed E-state index contributed by atoms with van der Waals surface area (Å²) in [7, 11) is 0. The molecule has 1 fully saturated rings. The summed E-state index contributed by atoms with van der Waals surface area (Å²) in [6.07, 6.45) is 81.5. The summed E-state index contributed by atoms with van der Waals surface area (Å²) in [5.74, 6) is -0.179. The van der Waals surface area contributed by atoms with Crippen LogP contribution in [0.1, 0.15) is 367 Å². The van der Waals surface area contributed by atoms with Crippen LogP contribution in [-0.4, -0.2) is 100 Å². The van der Waals surface area contributed by atoms with E-state index in [2.05, 4.69) is 54.8 Å². The first-order valence-corrected chi connectivity index (χ1v) is 38.5. The molecule has 7 unspecified atom stereocenters. The zero-order chi connectivity index (χ0) is 65.1. The molecule has 0 aliphatic carbocycles. The lowest BCUT2D eigenvalue weighted by Gasteiger charge is -2.40. The Morgan fingerprint density at radius 2 is 0.800 bits per heavy atom. The third kappa shape index (κ3) is 55.8. The van der Waals surface area contributed by atoms with Gasteiger partial charge in [-0.2, -0.15) is 0 Å². The highest BCUT2D eigenvalue weighted by Gasteiger charge is 2.44. The topological polar surface area (TPSA) is 175 Å². The van der Waals surface area contributed by atoms with Gasteiger partial charge in [-0.15, -0.1) is 0 Å². The molecule has 11 heteroatoms. The highest BCUT2D eigenvalue weighted by molar-refractivity contribution is 5.76. The number of aliphatic hydroxyl groups is 5. The van der Waals surface area contributed by atoms with Crippen LogP contribution in [0.3, 0.4) is 0 Å². The van der Waals surface area contributed by atoms with Gasteiger partial charge in [-0.3, -0.25) is 9.59 Å². The summed E-state index contributed by atoms with van der Waals surface area (Å²) >= 11 is 0. The fraction of sp³-hybridized carbons (Fsp3) is 0.848. The summed E-state index contributed by atoms with van der Waals surface area (Å²) in [5, 5.41) is 54.3. The Balaban J connectivity index is 1.87. The van der Waals surface area contributed by atoms with Gasteiger partial charge in [0.1, 0.15) is 24.4 Å². The average Bonchev–Trinajstić information content (AvgIpc) is 0.983. The fourth-order valence-electron chi connectivity index (χ4n) is 12.2. The van der Waals surface area contributed by atoms with Gasteiger partial charge >= 0.3 is 5.97 Å². The second-order valence-corrected chi connectivity index (χ2v) is 26.7. The number of amides is 1. The average molecular weight is 1270 g/mol. The van der Waals surface area contributed by atoms with Crippen LogP contribution in [0.4, 0.5) is 0 Å². The van der Waals surface area contributed by atoms with Crippen molar-refractivity contribution >= 4 is 11.9 Å². The molecule has 6 N–H and O–H groups in total. The maximum absolute atomic E-state index is 13.0. The van der Waals surface area contributed by atoms with Crippen LogP contribution >= 0.6 is 0 Å². The standard InChI is InChI=1S/C79H145NO10/c1-3-5-7-9-11-13-14-15-44-47-51-55-59-63-67-75(84)88-68-64-60-56-52-48-45-42-40-38-36-34-32-30-28-26-24-22-20-18-16-17-19-21-23-25-27-29-31-33-35-37-39-41-43-46-50-54-58-62-66-74(83)80-71(72(82)65-61-57-53-49-12-10-8-6-4-2)70-89-79-78(87)77(86)76(85)73(69-81)90-79/h4,6,12,16-17,20,22,49,61,65,71-73,76-79,81-82,85-87H,3,5,7-11,13-15,18-19,21,23-48,50-60,62-64,66-70H2,1-2H3,(H,80,83)/b6-4+,17-16-,22-20-,49-12+,65-61+. The summed E-state index contributed by atoms with van der Waals surface area (Å²) in [6, 6.07) is -0.832. The SMILES string of the molecule is C/C=C/CC/C=C/CC/C=C/C(O)C(COC1OC(CO)C(O)C(O)C1O)NC(=O)CCCCCCCCCCCCCCCCCCC/C=C\C/C=C\CCCCCCCCCCCCCCCCCOC(=O)CCCCCCCCCCCCCCCC. The van der Waals surface area contributed by atoms with E-state index < -0.39 is 49.5 Å². The van der Waals surface area contributed by atoms with E-state index in [0.29, 0.717) is 19.4 Å². The Morgan fingerprint density at radius 3 is 1.22 bits per heavy atom. The molecule has 7 atom stereocenters. The summed E-state index contributed by atoms with van der Waals surface area (Å²) in [6.45, 7) is 4.13. The van der Waals surface area contributed by atoms with Crippen LogP contribution in [0, 0.1) is 0 Å². The van der Waals surface area contributed by atoms with E-state index in [4.69, 9.17) is 14.2 Å². The van der Waals surface area contributed by atoms with Crippen molar-refractivity contribution in [3.8, 4) is 0 Å². The molecular formula is C79H145NO10. The zero-order valence-corrected chi connectivity index (χ0v) is 58.6. The minimum atomic E-state index is -1.58. The molecule has 1 heterocycles. The third-order valence-electron chi connectivity index (χ3n) is 18.2. The van der Waals surface area contributed by atoms with E-state index in [1.165, 1.54) is 276 Å². The van der Waals surface area contributed by atoms with Crippen LogP contribution in [0.15, 0.2) is 60.8 Å². The van der Waals surface area contributed by atoms with Gasteiger partial charge in [-0.05, 0) is 84.0 Å². The summed E-state index contributed by atoms with van der Waals surface area (Å²) in [5.41, 5.74) is 0. The van der Waals surface area contributed by atoms with Crippen LogP contribution < -0.4 is 5.32 Å². The van der Waals surface area contributed by atoms with E-state index >= 15 is 0 Å². The van der Waals surface area contributed by atoms with Crippen LogP contribution in [0.5, 0.6) is 0 Å². The van der Waals surface area contributed by atoms with E-state index in [-0.39, 0.29) is 18.5 Å². The highest BCUT2D eigenvalue weighted by atomic mass is 16.7. The molecule has 0 radical (unpaired) electrons. The lowest BCUT2D eigenvalue weighted by atomic mass is 9.99. The Kier molecular flexibility index (Phi) is 64.3. The highest BCUT2D eigenvalue weighted by Crippen LogP contribution is 2.24. The molecule has 0 spiro atoms. The molecule has 1 aliphatic rings. The van der Waals surface area contributed by atoms with Gasteiger partial charge in [0.15, 0.2) is 6.29 Å². The smallest absolute Gasteiger partial charge is 0.305 e. The molecule has 526 valence electrons. The maximum Gasteiger partial charge on any atom is 0.305 e. The lowest BCUT2D eigenvalue weighted by molar-refractivity contribution is -0.302. The minimum Gasteiger partial charge on any atom is -0.466 e. The van der Waals surface area contributed by atoms with Gasteiger partial charge in [-0.1, -0.05) is 331 Å². The number of nitrogens with one attached hydrogen (secondary N) is 1. The Morgan fingerprint density at radius 1 is 0.433 bits per heavy atom. The van der Waals surface area contributed by atoms with Gasteiger partial charge in [-0.25, -0.2) is 0 Å². The fourth-order valence-corrected chi connectivity index (χ4v) is 12.2. The van der Waals surface area contributed by atoms with Gasteiger partial charge in [0.25, 0.3) is 0 Å². The number of carbonyl (C=O) groups excluding carboxylic acids is 2. The zero-order valence-electron chi connectivity index (χ0n) is 58.6. The molecule has 11 nitrogen and oxygen atoms in total. The summed E-state index contributed by atoms with van der Waals surface area (Å²) in [4.78, 5) is 25.1. The molecule has 0 bridgehead atoms. The Bertz CT molecular complexity index is 1680. The van der Waals surface area contributed by atoms with Gasteiger partial charge in [0.05, 0.1) is 32.0 Å². The number of unbranched alkanes of at least 4 members (excludes halogenated alkanes) is 47. The van der Waals surface area contributed by atoms with Crippen LogP contribution in [0.2, 0.25) is 0 Å². The molecule has 0 saturated carbocycles. The molecule has 1 saturated heterocycles. The van der Waals surface area contributed by atoms with Crippen molar-refractivity contribution in [2.24, 2.45) is 0 Å². The number of aliphatic hydroxyl groups excluding tert-OH is 5. The van der Waals surface area contributed by atoms with Crippen molar-refractivity contribution in [2.75, 3.05) is 19.8 Å². The van der Waals surface area contributed by atoms with E-state index in [9.17, 15) is 35.1 Å². The van der Waals surface area contributed by atoms with Gasteiger partial charge in [0, 0.05) is 12.8 Å². The maximum atomic E-state index is 13.0. The first-order valence-electron chi connectivity index (χ1n) is 38.5. The molecule has 90 heavy (non-hydrogen) atoms. The number of rotatable bonds is 68. The predicted octanol–water partition coefficient (Wildman–Crippen LogP) is 20.5. The Labute approximate surface area is 554 Å². The molecular weight excluding hydrogens is 1120 g/mol. The molecule has 1 amide bonds. The second-order valence-electron chi connectivity index (χ2n) is 26.7. The molecule has 1 rings (SSSR count). The largest absolute Gasteiger partial charge is 0.466 e. The number of carbonyl (C=O) groups is 2. The predicted molar refractivity (Wildman–Crippen MR) is 380 cm³/mol. The quantitative estimate of drug-likeness (QED) is 0.0195. The van der Waals surface area contributed by atoms with Crippen molar-refractivity contribution in [1.82, 2.24) is 5.32 Å². The Hall–Kier alpha value is -2.64. The van der Waals surface area contributed by atoms with E-state index in [0.717, 1.165) is 64.2 Å².